The van der Waals surface area contributed by atoms with E-state index in [-0.39, 0.29) is 13.6 Å². The van der Waals surface area contributed by atoms with Crippen molar-refractivity contribution < 1.29 is 12.8 Å². The lowest BCUT2D eigenvalue weighted by Gasteiger charge is -2.04. The SMILES string of the molecule is Cc1ccc(S(=O)(=O)N/N=C\c2cnc(Cl)c(F)c2I)cc1. The number of aryl methyl sites for hydroxylation is 1. The quantitative estimate of drug-likeness (QED) is 0.335. The monoisotopic (exact) mass is 453 g/mol. The summed E-state index contributed by atoms with van der Waals surface area (Å²) in [5.41, 5.74) is 1.26. The summed E-state index contributed by atoms with van der Waals surface area (Å²) in [5, 5.41) is 3.38. The fourth-order valence-electron chi connectivity index (χ4n) is 1.48. The zero-order valence-corrected chi connectivity index (χ0v) is 14.9. The zero-order valence-electron chi connectivity index (χ0n) is 11.2. The number of hydrogen-bond acceptors (Lipinski definition) is 4. The summed E-state index contributed by atoms with van der Waals surface area (Å²) >= 11 is 7.28. The van der Waals surface area contributed by atoms with E-state index in [1.807, 2.05) is 6.92 Å². The Balaban J connectivity index is 2.19. The number of rotatable bonds is 4. The lowest BCUT2D eigenvalue weighted by atomic mass is 10.2. The van der Waals surface area contributed by atoms with Crippen LogP contribution in [0.25, 0.3) is 0 Å². The summed E-state index contributed by atoms with van der Waals surface area (Å²) < 4.78 is 37.8. The van der Waals surface area contributed by atoms with E-state index in [1.165, 1.54) is 24.5 Å². The fourth-order valence-corrected chi connectivity index (χ4v) is 3.11. The number of aromatic nitrogens is 1. The van der Waals surface area contributed by atoms with Gasteiger partial charge in [0.05, 0.1) is 14.7 Å². The number of halogens is 3. The molecular weight excluding hydrogens is 444 g/mol. The maximum Gasteiger partial charge on any atom is 0.276 e. The molecule has 0 aliphatic heterocycles. The topological polar surface area (TPSA) is 71.4 Å². The van der Waals surface area contributed by atoms with Gasteiger partial charge in [-0.25, -0.2) is 14.2 Å². The van der Waals surface area contributed by atoms with E-state index in [4.69, 9.17) is 11.6 Å². The van der Waals surface area contributed by atoms with Gasteiger partial charge in [0.2, 0.25) is 0 Å². The molecule has 5 nitrogen and oxygen atoms in total. The molecule has 1 aromatic heterocycles. The van der Waals surface area contributed by atoms with Crippen LogP contribution < -0.4 is 4.83 Å². The van der Waals surface area contributed by atoms with E-state index in [2.05, 4.69) is 14.9 Å². The summed E-state index contributed by atoms with van der Waals surface area (Å²) in [5.74, 6) is -0.674. The Morgan fingerprint density at radius 3 is 2.64 bits per heavy atom. The van der Waals surface area contributed by atoms with E-state index in [9.17, 15) is 12.8 Å². The molecule has 0 aliphatic rings. The number of nitrogens with zero attached hydrogens (tertiary/aromatic N) is 2. The highest BCUT2D eigenvalue weighted by Crippen LogP contribution is 2.20. The van der Waals surface area contributed by atoms with Crippen molar-refractivity contribution >= 4 is 50.4 Å². The average Bonchev–Trinajstić information content (AvgIpc) is 2.48. The molecule has 0 fully saturated rings. The van der Waals surface area contributed by atoms with E-state index >= 15 is 0 Å². The molecular formula is C13H10ClFIN3O2S. The average molecular weight is 454 g/mol. The van der Waals surface area contributed by atoms with Crippen LogP contribution in [0.3, 0.4) is 0 Å². The minimum absolute atomic E-state index is 0.0883. The molecule has 2 aromatic rings. The van der Waals surface area contributed by atoms with Gasteiger partial charge in [0, 0.05) is 11.8 Å². The Hall–Kier alpha value is -1.26. The number of hydrazone groups is 1. The van der Waals surface area contributed by atoms with Gasteiger partial charge in [-0.15, -0.1) is 0 Å². The van der Waals surface area contributed by atoms with Crippen LogP contribution in [0.1, 0.15) is 11.1 Å². The molecule has 0 bridgehead atoms. The van der Waals surface area contributed by atoms with E-state index < -0.39 is 15.8 Å². The number of sulfonamides is 1. The van der Waals surface area contributed by atoms with Gasteiger partial charge < -0.3 is 0 Å². The molecule has 0 spiro atoms. The van der Waals surface area contributed by atoms with Gasteiger partial charge in [-0.1, -0.05) is 29.3 Å². The first-order chi connectivity index (χ1) is 10.3. The van der Waals surface area contributed by atoms with Crippen LogP contribution in [0.2, 0.25) is 5.15 Å². The standard InChI is InChI=1S/C13H10ClFIN3O2S/c1-8-2-4-10(5-3-8)22(20,21)19-18-7-9-6-17-13(14)11(15)12(9)16/h2-7,19H,1H3/b18-7-. The number of benzene rings is 1. The molecule has 1 N–H and O–H groups in total. The Morgan fingerprint density at radius 2 is 2.00 bits per heavy atom. The second kappa shape index (κ2) is 6.88. The van der Waals surface area contributed by atoms with Crippen LogP contribution in [-0.4, -0.2) is 19.6 Å². The van der Waals surface area contributed by atoms with Crippen LogP contribution in [0, 0.1) is 16.3 Å². The first-order valence-corrected chi connectivity index (χ1v) is 8.86. The predicted octanol–water partition coefficient (Wildman–Crippen LogP) is 3.10. The molecule has 0 atom stereocenters. The molecule has 116 valence electrons. The molecule has 0 saturated carbocycles. The summed E-state index contributed by atoms with van der Waals surface area (Å²) in [7, 11) is -3.77. The Labute approximate surface area is 145 Å². The molecule has 1 heterocycles. The van der Waals surface area contributed by atoms with E-state index in [1.54, 1.807) is 34.7 Å². The van der Waals surface area contributed by atoms with Crippen LogP contribution >= 0.6 is 34.2 Å². The molecule has 1 aromatic carbocycles. The van der Waals surface area contributed by atoms with Crippen LogP contribution in [0.15, 0.2) is 40.5 Å². The van der Waals surface area contributed by atoms with Crippen molar-refractivity contribution in [1.29, 1.82) is 0 Å². The molecule has 9 heteroatoms. The van der Waals surface area contributed by atoms with E-state index in [0.29, 0.717) is 5.56 Å². The molecule has 2 rings (SSSR count). The number of hydrogen-bond donors (Lipinski definition) is 1. The lowest BCUT2D eigenvalue weighted by molar-refractivity contribution is 0.584. The van der Waals surface area contributed by atoms with Crippen molar-refractivity contribution in [2.75, 3.05) is 0 Å². The molecule has 0 radical (unpaired) electrons. The zero-order chi connectivity index (χ0) is 16.3. The minimum Gasteiger partial charge on any atom is -0.241 e. The van der Waals surface area contributed by atoms with Crippen molar-refractivity contribution in [1.82, 2.24) is 9.82 Å². The Morgan fingerprint density at radius 1 is 1.36 bits per heavy atom. The third kappa shape index (κ3) is 3.93. The van der Waals surface area contributed by atoms with Crippen LogP contribution in [-0.2, 0) is 10.0 Å². The third-order valence-electron chi connectivity index (χ3n) is 2.65. The van der Waals surface area contributed by atoms with Gasteiger partial charge in [0.1, 0.15) is 0 Å². The smallest absolute Gasteiger partial charge is 0.241 e. The second-order valence-electron chi connectivity index (χ2n) is 4.30. The van der Waals surface area contributed by atoms with Crippen molar-refractivity contribution in [2.45, 2.75) is 11.8 Å². The largest absolute Gasteiger partial charge is 0.276 e. The van der Waals surface area contributed by atoms with Gasteiger partial charge in [-0.05, 0) is 41.6 Å². The first kappa shape index (κ1) is 17.1. The summed E-state index contributed by atoms with van der Waals surface area (Å²) in [6, 6.07) is 6.31. The molecule has 0 amide bonds. The number of nitrogens with one attached hydrogen (secondary N) is 1. The highest BCUT2D eigenvalue weighted by atomic mass is 127. The normalized spacial score (nSPS) is 11.8. The molecule has 0 aliphatic carbocycles. The molecule has 0 unspecified atom stereocenters. The number of pyridine rings is 1. The Kier molecular flexibility index (Phi) is 5.35. The van der Waals surface area contributed by atoms with Gasteiger partial charge >= 0.3 is 0 Å². The van der Waals surface area contributed by atoms with Gasteiger partial charge in [0.25, 0.3) is 10.0 Å². The maximum atomic E-state index is 13.6. The second-order valence-corrected chi connectivity index (χ2v) is 7.40. The maximum absolute atomic E-state index is 13.6. The van der Waals surface area contributed by atoms with E-state index in [0.717, 1.165) is 5.56 Å². The van der Waals surface area contributed by atoms with Gasteiger partial charge in [-0.2, -0.15) is 13.5 Å². The lowest BCUT2D eigenvalue weighted by Crippen LogP contribution is -2.18. The highest BCUT2D eigenvalue weighted by molar-refractivity contribution is 14.1. The van der Waals surface area contributed by atoms with Crippen LogP contribution in [0.4, 0.5) is 4.39 Å². The van der Waals surface area contributed by atoms with Crippen molar-refractivity contribution in [2.24, 2.45) is 5.10 Å². The summed E-state index contributed by atoms with van der Waals surface area (Å²) in [6.07, 6.45) is 2.47. The minimum atomic E-state index is -3.77. The summed E-state index contributed by atoms with van der Waals surface area (Å²) in [4.78, 5) is 5.79. The van der Waals surface area contributed by atoms with Crippen molar-refractivity contribution in [3.63, 3.8) is 0 Å². The Bertz CT molecular complexity index is 826. The molecule has 0 saturated heterocycles. The van der Waals surface area contributed by atoms with Crippen molar-refractivity contribution in [3.8, 4) is 0 Å². The van der Waals surface area contributed by atoms with Gasteiger partial charge in [0.15, 0.2) is 11.0 Å². The van der Waals surface area contributed by atoms with Crippen molar-refractivity contribution in [3.05, 3.63) is 56.1 Å². The third-order valence-corrected chi connectivity index (χ3v) is 5.25. The predicted molar refractivity (Wildman–Crippen MR) is 91.0 cm³/mol. The fraction of sp³-hybridized carbons (Fsp3) is 0.0769. The highest BCUT2D eigenvalue weighted by Gasteiger charge is 2.13. The van der Waals surface area contributed by atoms with Crippen LogP contribution in [0.5, 0.6) is 0 Å². The summed E-state index contributed by atoms with van der Waals surface area (Å²) in [6.45, 7) is 1.85. The van der Waals surface area contributed by atoms with Gasteiger partial charge in [-0.3, -0.25) is 0 Å². The molecule has 22 heavy (non-hydrogen) atoms. The first-order valence-electron chi connectivity index (χ1n) is 5.92.